The van der Waals surface area contributed by atoms with E-state index in [-0.39, 0.29) is 11.4 Å². The molecule has 1 fully saturated rings. The normalized spacial score (nSPS) is 18.0. The fraction of sp³-hybridized carbons (Fsp3) is 0.348. The highest BCUT2D eigenvalue weighted by molar-refractivity contribution is 5.95. The van der Waals surface area contributed by atoms with Crippen LogP contribution < -0.4 is 5.63 Å². The van der Waals surface area contributed by atoms with E-state index in [1.807, 2.05) is 36.4 Å². The average molecular weight is 363 g/mol. The van der Waals surface area contributed by atoms with Crippen molar-refractivity contribution in [2.45, 2.75) is 45.2 Å². The SMILES string of the molecule is CCC1CCCCN1Cc1c(O)ccc2c(-c3ccccc3)cc(=O)oc12. The number of rotatable bonds is 4. The molecular formula is C23H25NO3. The van der Waals surface area contributed by atoms with Crippen molar-refractivity contribution in [3.05, 3.63) is 64.5 Å². The number of hydrogen-bond donors (Lipinski definition) is 1. The molecule has 0 saturated carbocycles. The van der Waals surface area contributed by atoms with Crippen LogP contribution in [0.1, 0.15) is 38.2 Å². The molecule has 2 aromatic carbocycles. The number of hydrogen-bond acceptors (Lipinski definition) is 4. The molecule has 4 heteroatoms. The molecule has 1 aliphatic heterocycles. The van der Waals surface area contributed by atoms with Crippen molar-refractivity contribution >= 4 is 11.0 Å². The summed E-state index contributed by atoms with van der Waals surface area (Å²) in [5.41, 5.74) is 2.63. The second kappa shape index (κ2) is 7.57. The van der Waals surface area contributed by atoms with Crippen molar-refractivity contribution in [1.29, 1.82) is 0 Å². The lowest BCUT2D eigenvalue weighted by atomic mass is 9.97. The third-order valence-corrected chi connectivity index (χ3v) is 5.66. The maximum Gasteiger partial charge on any atom is 0.336 e. The summed E-state index contributed by atoms with van der Waals surface area (Å²) in [6.45, 7) is 3.82. The predicted octanol–water partition coefficient (Wildman–Crippen LogP) is 4.93. The lowest BCUT2D eigenvalue weighted by Gasteiger charge is -2.35. The van der Waals surface area contributed by atoms with E-state index >= 15 is 0 Å². The zero-order chi connectivity index (χ0) is 18.8. The smallest absolute Gasteiger partial charge is 0.336 e. The largest absolute Gasteiger partial charge is 0.507 e. The Bertz CT molecular complexity index is 994. The molecule has 3 aromatic rings. The van der Waals surface area contributed by atoms with Gasteiger partial charge in [-0.1, -0.05) is 43.7 Å². The van der Waals surface area contributed by atoms with Gasteiger partial charge in [0.2, 0.25) is 0 Å². The van der Waals surface area contributed by atoms with Gasteiger partial charge in [0.25, 0.3) is 0 Å². The maximum absolute atomic E-state index is 12.3. The van der Waals surface area contributed by atoms with Crippen LogP contribution in [-0.4, -0.2) is 22.6 Å². The Balaban J connectivity index is 1.85. The highest BCUT2D eigenvalue weighted by Crippen LogP contribution is 2.35. The summed E-state index contributed by atoms with van der Waals surface area (Å²) in [6.07, 6.45) is 4.69. The minimum atomic E-state index is -0.390. The lowest BCUT2D eigenvalue weighted by molar-refractivity contribution is 0.135. The molecule has 140 valence electrons. The molecule has 2 heterocycles. The van der Waals surface area contributed by atoms with Crippen molar-refractivity contribution in [1.82, 2.24) is 4.90 Å². The van der Waals surface area contributed by atoms with E-state index in [0.29, 0.717) is 23.7 Å². The van der Waals surface area contributed by atoms with Gasteiger partial charge in [-0.3, -0.25) is 4.90 Å². The van der Waals surface area contributed by atoms with Crippen LogP contribution in [0, 0.1) is 0 Å². The van der Waals surface area contributed by atoms with E-state index < -0.39 is 0 Å². The Labute approximate surface area is 159 Å². The van der Waals surface area contributed by atoms with Gasteiger partial charge < -0.3 is 9.52 Å². The first-order valence-electron chi connectivity index (χ1n) is 9.75. The first-order chi connectivity index (χ1) is 13.2. The van der Waals surface area contributed by atoms with Gasteiger partial charge in [0.05, 0.1) is 5.56 Å². The third kappa shape index (κ3) is 3.50. The molecule has 1 atom stereocenters. The third-order valence-electron chi connectivity index (χ3n) is 5.66. The summed E-state index contributed by atoms with van der Waals surface area (Å²) in [5.74, 6) is 0.191. The summed E-state index contributed by atoms with van der Waals surface area (Å²) >= 11 is 0. The molecule has 1 unspecified atom stereocenters. The van der Waals surface area contributed by atoms with Crippen LogP contribution in [0.2, 0.25) is 0 Å². The first kappa shape index (κ1) is 17.8. The van der Waals surface area contributed by atoms with Crippen molar-refractivity contribution in [2.24, 2.45) is 0 Å². The number of likely N-dealkylation sites (tertiary alicyclic amines) is 1. The standard InChI is InChI=1S/C23H25NO3/c1-2-17-10-6-7-13-24(17)15-20-21(25)12-11-18-19(14-22(26)27-23(18)20)16-8-4-3-5-9-16/h3-5,8-9,11-12,14,17,25H,2,6-7,10,13,15H2,1H3. The Morgan fingerprint density at radius 3 is 2.74 bits per heavy atom. The summed E-state index contributed by atoms with van der Waals surface area (Å²) in [5, 5.41) is 11.4. The number of piperidine rings is 1. The van der Waals surface area contributed by atoms with Crippen LogP contribution in [-0.2, 0) is 6.54 Å². The molecule has 0 aliphatic carbocycles. The van der Waals surface area contributed by atoms with Crippen molar-refractivity contribution in [2.75, 3.05) is 6.54 Å². The van der Waals surface area contributed by atoms with Crippen LogP contribution in [0.15, 0.2) is 57.7 Å². The molecule has 4 nitrogen and oxygen atoms in total. The summed E-state index contributed by atoms with van der Waals surface area (Å²) in [7, 11) is 0. The molecule has 4 rings (SSSR count). The Kier molecular flexibility index (Phi) is 4.99. The Morgan fingerprint density at radius 1 is 1.15 bits per heavy atom. The molecule has 1 aromatic heterocycles. The first-order valence-corrected chi connectivity index (χ1v) is 9.75. The average Bonchev–Trinajstić information content (AvgIpc) is 2.70. The second-order valence-electron chi connectivity index (χ2n) is 7.31. The number of benzene rings is 2. The van der Waals surface area contributed by atoms with E-state index in [4.69, 9.17) is 4.42 Å². The molecule has 0 radical (unpaired) electrons. The number of aromatic hydroxyl groups is 1. The molecule has 1 N–H and O–H groups in total. The van der Waals surface area contributed by atoms with Gasteiger partial charge in [-0.25, -0.2) is 4.79 Å². The zero-order valence-electron chi connectivity index (χ0n) is 15.6. The van der Waals surface area contributed by atoms with Gasteiger partial charge in [-0.05, 0) is 49.1 Å². The highest BCUT2D eigenvalue weighted by atomic mass is 16.4. The maximum atomic E-state index is 12.3. The Hall–Kier alpha value is -2.59. The van der Waals surface area contributed by atoms with E-state index in [1.54, 1.807) is 6.07 Å². The molecular weight excluding hydrogens is 338 g/mol. The van der Waals surface area contributed by atoms with E-state index in [9.17, 15) is 9.90 Å². The minimum absolute atomic E-state index is 0.191. The minimum Gasteiger partial charge on any atom is -0.507 e. The molecule has 1 aliphatic rings. The van der Waals surface area contributed by atoms with Gasteiger partial charge in [0.1, 0.15) is 11.3 Å². The van der Waals surface area contributed by atoms with Gasteiger partial charge in [-0.15, -0.1) is 0 Å². The van der Waals surface area contributed by atoms with Crippen LogP contribution in [0.4, 0.5) is 0 Å². The van der Waals surface area contributed by atoms with Gasteiger partial charge in [0.15, 0.2) is 0 Å². The summed E-state index contributed by atoms with van der Waals surface area (Å²) in [4.78, 5) is 14.7. The van der Waals surface area contributed by atoms with Crippen LogP contribution >= 0.6 is 0 Å². The Morgan fingerprint density at radius 2 is 1.96 bits per heavy atom. The van der Waals surface area contributed by atoms with Crippen molar-refractivity contribution < 1.29 is 9.52 Å². The molecule has 0 bridgehead atoms. The van der Waals surface area contributed by atoms with E-state index in [1.165, 1.54) is 25.3 Å². The molecule has 0 amide bonds. The quantitative estimate of drug-likeness (QED) is 0.668. The van der Waals surface area contributed by atoms with Gasteiger partial charge in [0, 0.05) is 24.0 Å². The number of phenolic OH excluding ortho intramolecular Hbond substituents is 1. The van der Waals surface area contributed by atoms with Gasteiger partial charge in [-0.2, -0.15) is 0 Å². The monoisotopic (exact) mass is 363 g/mol. The number of fused-ring (bicyclic) bond motifs is 1. The van der Waals surface area contributed by atoms with E-state index in [2.05, 4.69) is 11.8 Å². The van der Waals surface area contributed by atoms with E-state index in [0.717, 1.165) is 29.5 Å². The summed E-state index contributed by atoms with van der Waals surface area (Å²) in [6, 6.07) is 15.4. The van der Waals surface area contributed by atoms with Crippen molar-refractivity contribution in [3.8, 4) is 16.9 Å². The van der Waals surface area contributed by atoms with Crippen LogP contribution in [0.3, 0.4) is 0 Å². The second-order valence-corrected chi connectivity index (χ2v) is 7.31. The van der Waals surface area contributed by atoms with Crippen molar-refractivity contribution in [3.63, 3.8) is 0 Å². The number of nitrogens with zero attached hydrogens (tertiary/aromatic N) is 1. The fourth-order valence-corrected chi connectivity index (χ4v) is 4.21. The molecule has 1 saturated heterocycles. The predicted molar refractivity (Wildman–Crippen MR) is 108 cm³/mol. The zero-order valence-corrected chi connectivity index (χ0v) is 15.6. The topological polar surface area (TPSA) is 53.7 Å². The van der Waals surface area contributed by atoms with Crippen LogP contribution in [0.25, 0.3) is 22.1 Å². The van der Waals surface area contributed by atoms with Crippen LogP contribution in [0.5, 0.6) is 5.75 Å². The molecule has 27 heavy (non-hydrogen) atoms. The summed E-state index contributed by atoms with van der Waals surface area (Å²) < 4.78 is 5.60. The fourth-order valence-electron chi connectivity index (χ4n) is 4.21. The highest BCUT2D eigenvalue weighted by Gasteiger charge is 2.24. The van der Waals surface area contributed by atoms with Gasteiger partial charge >= 0.3 is 5.63 Å². The number of phenols is 1. The lowest BCUT2D eigenvalue weighted by Crippen LogP contribution is -2.38. The molecule has 0 spiro atoms.